The summed E-state index contributed by atoms with van der Waals surface area (Å²) >= 11 is 0. The third-order valence-electron chi connectivity index (χ3n) is 4.05. The number of aromatic nitrogens is 2. The molecule has 1 amide bonds. The number of hydrogen-bond donors (Lipinski definition) is 2. The second-order valence-corrected chi connectivity index (χ2v) is 6.10. The number of carbonyl (C=O) groups is 1. The molecule has 0 unspecified atom stereocenters. The van der Waals surface area contributed by atoms with Gasteiger partial charge in [0.25, 0.3) is 11.9 Å². The standard InChI is InChI=1S/C20H17F3N4O4/c1-30-16-11-17(31-2)25-19(24-16)27(18(29)14-8-3-4-9-15(14)28)26-13-7-5-6-12(10-13)20(21,22)23/h3-11,26,28H,1-2H3. The summed E-state index contributed by atoms with van der Waals surface area (Å²) in [5.74, 6) is -1.35. The molecule has 0 atom stereocenters. The zero-order valence-corrected chi connectivity index (χ0v) is 16.3. The molecule has 0 aliphatic heterocycles. The van der Waals surface area contributed by atoms with Gasteiger partial charge in [0.05, 0.1) is 37.1 Å². The number of carbonyl (C=O) groups excluding carboxylic acids is 1. The van der Waals surface area contributed by atoms with E-state index in [1.54, 1.807) is 0 Å². The molecule has 0 spiro atoms. The van der Waals surface area contributed by atoms with Crippen LogP contribution in [0.2, 0.25) is 0 Å². The van der Waals surface area contributed by atoms with Gasteiger partial charge in [-0.2, -0.15) is 28.1 Å². The second-order valence-electron chi connectivity index (χ2n) is 6.10. The molecule has 0 fully saturated rings. The number of phenols is 1. The third kappa shape index (κ3) is 4.94. The number of aromatic hydroxyl groups is 1. The lowest BCUT2D eigenvalue weighted by molar-refractivity contribution is -0.137. The van der Waals surface area contributed by atoms with E-state index in [0.29, 0.717) is 0 Å². The van der Waals surface area contributed by atoms with Gasteiger partial charge in [0.1, 0.15) is 5.75 Å². The Morgan fingerprint density at radius 1 is 1.00 bits per heavy atom. The molecule has 1 heterocycles. The van der Waals surface area contributed by atoms with E-state index >= 15 is 0 Å². The summed E-state index contributed by atoms with van der Waals surface area (Å²) in [6, 6.07) is 11.3. The SMILES string of the molecule is COc1cc(OC)nc(N(Nc2cccc(C(F)(F)F)c2)C(=O)c2ccccc2O)n1. The molecule has 0 aliphatic carbocycles. The number of alkyl halides is 3. The van der Waals surface area contributed by atoms with E-state index in [-0.39, 0.29) is 34.7 Å². The fraction of sp³-hybridized carbons (Fsp3) is 0.150. The normalized spacial score (nSPS) is 11.0. The molecular formula is C20H17F3N4O4. The Kier molecular flexibility index (Phi) is 6.14. The van der Waals surface area contributed by atoms with Crippen LogP contribution in [0.1, 0.15) is 15.9 Å². The minimum atomic E-state index is -4.58. The maximum absolute atomic E-state index is 13.2. The van der Waals surface area contributed by atoms with E-state index in [1.807, 2.05) is 0 Å². The minimum Gasteiger partial charge on any atom is -0.507 e. The van der Waals surface area contributed by atoms with Crippen LogP contribution in [0.3, 0.4) is 0 Å². The van der Waals surface area contributed by atoms with Gasteiger partial charge in [0, 0.05) is 0 Å². The Morgan fingerprint density at radius 3 is 2.23 bits per heavy atom. The summed E-state index contributed by atoms with van der Waals surface area (Å²) in [6.45, 7) is 0. The summed E-state index contributed by atoms with van der Waals surface area (Å²) in [6.07, 6.45) is -4.58. The third-order valence-corrected chi connectivity index (χ3v) is 4.05. The lowest BCUT2D eigenvalue weighted by Crippen LogP contribution is -2.38. The number of halogens is 3. The highest BCUT2D eigenvalue weighted by Crippen LogP contribution is 2.31. The van der Waals surface area contributed by atoms with E-state index < -0.39 is 17.6 Å². The van der Waals surface area contributed by atoms with Crippen LogP contribution in [0.15, 0.2) is 54.6 Å². The Bertz CT molecular complexity index is 1070. The average Bonchev–Trinajstić information content (AvgIpc) is 2.76. The van der Waals surface area contributed by atoms with Crippen LogP contribution in [0, 0.1) is 0 Å². The van der Waals surface area contributed by atoms with Crippen molar-refractivity contribution in [2.24, 2.45) is 0 Å². The summed E-state index contributed by atoms with van der Waals surface area (Å²) < 4.78 is 49.5. The van der Waals surface area contributed by atoms with Crippen molar-refractivity contribution < 1.29 is 32.5 Å². The van der Waals surface area contributed by atoms with Crippen LogP contribution in [0.4, 0.5) is 24.8 Å². The minimum absolute atomic E-state index is 0.0442. The van der Waals surface area contributed by atoms with Gasteiger partial charge < -0.3 is 14.6 Å². The number of anilines is 2. The number of phenolic OH excluding ortho intramolecular Hbond substituents is 1. The monoisotopic (exact) mass is 434 g/mol. The second kappa shape index (κ2) is 8.78. The van der Waals surface area contributed by atoms with Crippen LogP contribution >= 0.6 is 0 Å². The Hall–Kier alpha value is -4.02. The first-order valence-electron chi connectivity index (χ1n) is 8.76. The van der Waals surface area contributed by atoms with E-state index in [2.05, 4.69) is 15.4 Å². The van der Waals surface area contributed by atoms with E-state index in [4.69, 9.17) is 9.47 Å². The lowest BCUT2D eigenvalue weighted by Gasteiger charge is -2.24. The fourth-order valence-corrected chi connectivity index (χ4v) is 2.56. The molecule has 2 N–H and O–H groups in total. The quantitative estimate of drug-likeness (QED) is 0.568. The van der Waals surface area contributed by atoms with Crippen molar-refractivity contribution >= 4 is 17.5 Å². The van der Waals surface area contributed by atoms with Crippen LogP contribution in [0.5, 0.6) is 17.5 Å². The van der Waals surface area contributed by atoms with Crippen molar-refractivity contribution in [3.05, 3.63) is 65.7 Å². The van der Waals surface area contributed by atoms with Crippen LogP contribution in [0.25, 0.3) is 0 Å². The average molecular weight is 434 g/mol. The van der Waals surface area contributed by atoms with Gasteiger partial charge in [0.15, 0.2) is 0 Å². The number of amides is 1. The van der Waals surface area contributed by atoms with Gasteiger partial charge in [-0.15, -0.1) is 0 Å². The van der Waals surface area contributed by atoms with E-state index in [9.17, 15) is 23.1 Å². The number of benzene rings is 2. The van der Waals surface area contributed by atoms with Gasteiger partial charge >= 0.3 is 6.18 Å². The first-order valence-corrected chi connectivity index (χ1v) is 8.76. The molecule has 1 aromatic heterocycles. The number of para-hydroxylation sites is 1. The number of ether oxygens (including phenoxy) is 2. The molecule has 2 aromatic carbocycles. The molecule has 0 saturated heterocycles. The Morgan fingerprint density at radius 2 is 1.65 bits per heavy atom. The molecule has 31 heavy (non-hydrogen) atoms. The summed E-state index contributed by atoms with van der Waals surface area (Å²) in [7, 11) is 2.67. The van der Waals surface area contributed by atoms with Gasteiger partial charge in [-0.25, -0.2) is 0 Å². The smallest absolute Gasteiger partial charge is 0.416 e. The maximum atomic E-state index is 13.2. The number of hydrazine groups is 1. The molecule has 162 valence electrons. The largest absolute Gasteiger partial charge is 0.507 e. The van der Waals surface area contributed by atoms with Crippen molar-refractivity contribution in [2.75, 3.05) is 24.7 Å². The number of nitrogens with zero attached hydrogens (tertiary/aromatic N) is 3. The first-order chi connectivity index (χ1) is 14.7. The van der Waals surface area contributed by atoms with Gasteiger partial charge in [-0.1, -0.05) is 18.2 Å². The number of nitrogens with one attached hydrogen (secondary N) is 1. The molecule has 3 aromatic rings. The van der Waals surface area contributed by atoms with E-state index in [0.717, 1.165) is 17.1 Å². The molecule has 0 radical (unpaired) electrons. The Balaban J connectivity index is 2.10. The Labute approximate surface area is 174 Å². The summed E-state index contributed by atoms with van der Waals surface area (Å²) in [5, 5.41) is 10.9. The van der Waals surface area contributed by atoms with Crippen LogP contribution in [-0.2, 0) is 6.18 Å². The number of rotatable bonds is 6. The molecule has 0 aliphatic rings. The highest BCUT2D eigenvalue weighted by Gasteiger charge is 2.31. The van der Waals surface area contributed by atoms with E-state index in [1.165, 1.54) is 56.7 Å². The fourth-order valence-electron chi connectivity index (χ4n) is 2.56. The summed E-state index contributed by atoms with van der Waals surface area (Å²) in [5.41, 5.74) is 1.45. The molecule has 8 nitrogen and oxygen atoms in total. The zero-order chi connectivity index (χ0) is 22.6. The molecule has 0 bridgehead atoms. The highest BCUT2D eigenvalue weighted by molar-refractivity contribution is 6.08. The zero-order valence-electron chi connectivity index (χ0n) is 16.3. The van der Waals surface area contributed by atoms with Crippen molar-refractivity contribution in [3.8, 4) is 17.5 Å². The van der Waals surface area contributed by atoms with Crippen molar-refractivity contribution in [3.63, 3.8) is 0 Å². The van der Waals surface area contributed by atoms with Crippen molar-refractivity contribution in [1.82, 2.24) is 9.97 Å². The predicted molar refractivity (Wildman–Crippen MR) is 105 cm³/mol. The van der Waals surface area contributed by atoms with Gasteiger partial charge in [-0.3, -0.25) is 10.2 Å². The maximum Gasteiger partial charge on any atom is 0.416 e. The molecule has 11 heteroatoms. The number of hydrogen-bond acceptors (Lipinski definition) is 7. The van der Waals surface area contributed by atoms with Gasteiger partial charge in [-0.05, 0) is 30.3 Å². The number of methoxy groups -OCH3 is 2. The molecule has 3 rings (SSSR count). The summed E-state index contributed by atoms with van der Waals surface area (Å²) in [4.78, 5) is 21.3. The van der Waals surface area contributed by atoms with Crippen molar-refractivity contribution in [1.29, 1.82) is 0 Å². The van der Waals surface area contributed by atoms with Crippen molar-refractivity contribution in [2.45, 2.75) is 6.18 Å². The first kappa shape index (κ1) is 21.7. The van der Waals surface area contributed by atoms with Crippen LogP contribution in [-0.4, -0.2) is 35.2 Å². The highest BCUT2D eigenvalue weighted by atomic mass is 19.4. The predicted octanol–water partition coefficient (Wildman–Crippen LogP) is 3.89. The van der Waals surface area contributed by atoms with Gasteiger partial charge in [0.2, 0.25) is 11.8 Å². The topological polar surface area (TPSA) is 96.8 Å². The lowest BCUT2D eigenvalue weighted by atomic mass is 10.2. The molecule has 0 saturated carbocycles. The van der Waals surface area contributed by atoms with Crippen LogP contribution < -0.4 is 19.9 Å². The molecular weight excluding hydrogens is 417 g/mol.